The maximum Gasteiger partial charge on any atom is 0.243 e. The number of hydrogen-bond acceptors (Lipinski definition) is 4. The third-order valence-electron chi connectivity index (χ3n) is 4.09. The van der Waals surface area contributed by atoms with Crippen molar-refractivity contribution in [1.29, 1.82) is 0 Å². The van der Waals surface area contributed by atoms with Gasteiger partial charge in [-0.05, 0) is 46.0 Å². The summed E-state index contributed by atoms with van der Waals surface area (Å²) < 4.78 is 40.5. The molecule has 0 amide bonds. The molecule has 1 aliphatic heterocycles. The van der Waals surface area contributed by atoms with Gasteiger partial charge >= 0.3 is 0 Å². The number of halogens is 1. The number of sulfonamides is 1. The number of benzene rings is 1. The van der Waals surface area contributed by atoms with E-state index in [1.54, 1.807) is 0 Å². The number of nitrogen functional groups attached to an aromatic ring is 1. The minimum Gasteiger partial charge on any atom is -0.398 e. The van der Waals surface area contributed by atoms with Crippen LogP contribution in [0.5, 0.6) is 0 Å². The maximum atomic E-state index is 13.8. The van der Waals surface area contributed by atoms with Gasteiger partial charge in [-0.15, -0.1) is 0 Å². The van der Waals surface area contributed by atoms with Crippen molar-refractivity contribution in [3.05, 3.63) is 23.5 Å². The predicted octanol–water partition coefficient (Wildman–Crippen LogP) is 1.43. The zero-order chi connectivity index (χ0) is 15.8. The van der Waals surface area contributed by atoms with Crippen LogP contribution in [0.2, 0.25) is 0 Å². The van der Waals surface area contributed by atoms with E-state index in [2.05, 4.69) is 0 Å². The van der Waals surface area contributed by atoms with Crippen LogP contribution in [-0.2, 0) is 10.0 Å². The SMILES string of the molecule is Cc1c(N)cc(S(=O)(=O)N2CCCC(N(C)C)C2)cc1F. The highest BCUT2D eigenvalue weighted by atomic mass is 32.2. The van der Waals surface area contributed by atoms with Crippen molar-refractivity contribution in [2.24, 2.45) is 0 Å². The highest BCUT2D eigenvalue weighted by Crippen LogP contribution is 2.26. The molecule has 0 aliphatic carbocycles. The van der Waals surface area contributed by atoms with Crippen LogP contribution < -0.4 is 5.73 Å². The first-order chi connectivity index (χ1) is 9.73. The molecule has 0 aromatic heterocycles. The molecule has 1 aromatic carbocycles. The fraction of sp³-hybridized carbons (Fsp3) is 0.571. The molecule has 0 spiro atoms. The van der Waals surface area contributed by atoms with Crippen molar-refractivity contribution in [2.45, 2.75) is 30.7 Å². The average Bonchev–Trinajstić information content (AvgIpc) is 2.44. The molecule has 1 aromatic rings. The van der Waals surface area contributed by atoms with Crippen molar-refractivity contribution in [3.8, 4) is 0 Å². The lowest BCUT2D eigenvalue weighted by Crippen LogP contribution is -2.47. The van der Waals surface area contributed by atoms with Crippen LogP contribution in [0.15, 0.2) is 17.0 Å². The Morgan fingerprint density at radius 1 is 1.38 bits per heavy atom. The van der Waals surface area contributed by atoms with E-state index in [9.17, 15) is 12.8 Å². The maximum absolute atomic E-state index is 13.8. The van der Waals surface area contributed by atoms with Gasteiger partial charge in [0, 0.05) is 30.4 Å². The van der Waals surface area contributed by atoms with E-state index >= 15 is 0 Å². The topological polar surface area (TPSA) is 66.6 Å². The van der Waals surface area contributed by atoms with Gasteiger partial charge in [0.25, 0.3) is 0 Å². The van der Waals surface area contributed by atoms with Crippen LogP contribution in [-0.4, -0.2) is 50.8 Å². The average molecular weight is 315 g/mol. The van der Waals surface area contributed by atoms with E-state index in [1.165, 1.54) is 17.3 Å². The van der Waals surface area contributed by atoms with Gasteiger partial charge in [-0.2, -0.15) is 4.31 Å². The molecule has 1 saturated heterocycles. The predicted molar refractivity (Wildman–Crippen MR) is 81.0 cm³/mol. The van der Waals surface area contributed by atoms with Gasteiger partial charge in [0.2, 0.25) is 10.0 Å². The Morgan fingerprint density at radius 3 is 2.62 bits per heavy atom. The number of piperidine rings is 1. The molecule has 1 aliphatic rings. The highest BCUT2D eigenvalue weighted by molar-refractivity contribution is 7.89. The monoisotopic (exact) mass is 315 g/mol. The van der Waals surface area contributed by atoms with Crippen LogP contribution in [0.1, 0.15) is 18.4 Å². The summed E-state index contributed by atoms with van der Waals surface area (Å²) in [6.45, 7) is 2.41. The normalized spacial score (nSPS) is 20.9. The van der Waals surface area contributed by atoms with Crippen molar-refractivity contribution in [1.82, 2.24) is 9.21 Å². The van der Waals surface area contributed by atoms with Crippen molar-refractivity contribution in [3.63, 3.8) is 0 Å². The fourth-order valence-electron chi connectivity index (χ4n) is 2.53. The molecule has 2 N–H and O–H groups in total. The second-order valence-electron chi connectivity index (χ2n) is 5.74. The Bertz CT molecular complexity index is 608. The first-order valence-corrected chi connectivity index (χ1v) is 8.39. The van der Waals surface area contributed by atoms with Gasteiger partial charge in [0.05, 0.1) is 4.90 Å². The lowest BCUT2D eigenvalue weighted by Gasteiger charge is -2.35. The molecule has 21 heavy (non-hydrogen) atoms. The largest absolute Gasteiger partial charge is 0.398 e. The molecule has 5 nitrogen and oxygen atoms in total. The summed E-state index contributed by atoms with van der Waals surface area (Å²) in [5, 5.41) is 0. The van der Waals surface area contributed by atoms with Gasteiger partial charge in [0.15, 0.2) is 0 Å². The molecule has 1 unspecified atom stereocenters. The van der Waals surface area contributed by atoms with E-state index in [0.29, 0.717) is 13.1 Å². The van der Waals surface area contributed by atoms with E-state index in [-0.39, 0.29) is 22.2 Å². The smallest absolute Gasteiger partial charge is 0.243 e. The summed E-state index contributed by atoms with van der Waals surface area (Å²) in [5.74, 6) is -0.588. The van der Waals surface area contributed by atoms with Gasteiger partial charge in [-0.1, -0.05) is 0 Å². The second kappa shape index (κ2) is 5.90. The molecule has 0 bridgehead atoms. The van der Waals surface area contributed by atoms with Crippen LogP contribution in [0, 0.1) is 12.7 Å². The zero-order valence-electron chi connectivity index (χ0n) is 12.6. The fourth-order valence-corrected chi connectivity index (χ4v) is 4.10. The van der Waals surface area contributed by atoms with E-state index in [0.717, 1.165) is 18.9 Å². The molecule has 2 rings (SSSR count). The van der Waals surface area contributed by atoms with E-state index in [1.807, 2.05) is 19.0 Å². The third kappa shape index (κ3) is 3.20. The Balaban J connectivity index is 2.34. The number of hydrogen-bond donors (Lipinski definition) is 1. The Morgan fingerprint density at radius 2 is 2.05 bits per heavy atom. The Labute approximate surface area is 125 Å². The minimum atomic E-state index is -3.70. The number of nitrogens with two attached hydrogens (primary N) is 1. The zero-order valence-corrected chi connectivity index (χ0v) is 13.5. The second-order valence-corrected chi connectivity index (χ2v) is 7.68. The lowest BCUT2D eigenvalue weighted by molar-refractivity contribution is 0.190. The van der Waals surface area contributed by atoms with Gasteiger partial charge in [-0.25, -0.2) is 12.8 Å². The highest BCUT2D eigenvalue weighted by Gasteiger charge is 2.31. The molecule has 1 heterocycles. The quantitative estimate of drug-likeness (QED) is 0.857. The van der Waals surface area contributed by atoms with Crippen LogP contribution in [0.3, 0.4) is 0 Å². The Hall–Kier alpha value is -1.18. The van der Waals surface area contributed by atoms with Crippen LogP contribution >= 0.6 is 0 Å². The molecule has 0 radical (unpaired) electrons. The summed E-state index contributed by atoms with van der Waals surface area (Å²) in [6, 6.07) is 2.58. The number of nitrogens with zero attached hydrogens (tertiary/aromatic N) is 2. The van der Waals surface area contributed by atoms with Crippen molar-refractivity contribution in [2.75, 3.05) is 32.9 Å². The first-order valence-electron chi connectivity index (χ1n) is 6.95. The third-order valence-corrected chi connectivity index (χ3v) is 5.93. The first kappa shape index (κ1) is 16.2. The van der Waals surface area contributed by atoms with E-state index < -0.39 is 15.8 Å². The number of anilines is 1. The van der Waals surface area contributed by atoms with Crippen LogP contribution in [0.25, 0.3) is 0 Å². The summed E-state index contributed by atoms with van der Waals surface area (Å²) in [5.41, 5.74) is 6.13. The van der Waals surface area contributed by atoms with Gasteiger partial charge < -0.3 is 10.6 Å². The molecule has 7 heteroatoms. The van der Waals surface area contributed by atoms with Crippen molar-refractivity contribution >= 4 is 15.7 Å². The number of likely N-dealkylation sites (N-methyl/N-ethyl adjacent to an activating group) is 1. The van der Waals surface area contributed by atoms with E-state index in [4.69, 9.17) is 5.73 Å². The lowest BCUT2D eigenvalue weighted by atomic mass is 10.1. The van der Waals surface area contributed by atoms with Crippen molar-refractivity contribution < 1.29 is 12.8 Å². The molecular formula is C14H22FN3O2S. The minimum absolute atomic E-state index is 0.0671. The summed E-state index contributed by atoms with van der Waals surface area (Å²) >= 11 is 0. The standard InChI is InChI=1S/C14H22FN3O2S/c1-10-13(15)7-12(8-14(10)16)21(19,20)18-6-4-5-11(9-18)17(2)3/h7-8,11H,4-6,9,16H2,1-3H3. The summed E-state index contributed by atoms with van der Waals surface area (Å²) in [7, 11) is 0.166. The molecule has 1 atom stereocenters. The molecule has 0 saturated carbocycles. The molecule has 118 valence electrons. The summed E-state index contributed by atoms with van der Waals surface area (Å²) in [4.78, 5) is 1.95. The number of rotatable bonds is 3. The summed E-state index contributed by atoms with van der Waals surface area (Å²) in [6.07, 6.45) is 1.76. The van der Waals surface area contributed by atoms with Crippen LogP contribution in [0.4, 0.5) is 10.1 Å². The van der Waals surface area contributed by atoms with Gasteiger partial charge in [0.1, 0.15) is 5.82 Å². The Kier molecular flexibility index (Phi) is 4.55. The molecule has 1 fully saturated rings. The molecular weight excluding hydrogens is 293 g/mol. The van der Waals surface area contributed by atoms with Gasteiger partial charge in [-0.3, -0.25) is 0 Å².